The number of thiophene rings is 1. The molecule has 0 unspecified atom stereocenters. The zero-order chi connectivity index (χ0) is 14.0. The Hall–Kier alpha value is -1.62. The summed E-state index contributed by atoms with van der Waals surface area (Å²) in [7, 11) is 0. The molecular formula is C14H19N3OS. The largest absolute Gasteiger partial charge is 0.304 e. The van der Waals surface area contributed by atoms with Crippen molar-refractivity contribution < 1.29 is 4.79 Å². The van der Waals surface area contributed by atoms with E-state index in [0.717, 1.165) is 17.0 Å². The molecule has 0 spiro atoms. The van der Waals surface area contributed by atoms with Crippen LogP contribution in [0.15, 0.2) is 12.1 Å². The Kier molecular flexibility index (Phi) is 4.04. The molecule has 2 aromatic heterocycles. The van der Waals surface area contributed by atoms with E-state index in [1.54, 1.807) is 11.3 Å². The molecule has 0 aliphatic heterocycles. The van der Waals surface area contributed by atoms with Crippen molar-refractivity contribution in [3.05, 3.63) is 33.1 Å². The van der Waals surface area contributed by atoms with E-state index < -0.39 is 0 Å². The SMILES string of the molecule is CCc1sc(C(=O)Nc2cc(C(C)C)[nH]n2)cc1C. The molecule has 2 rings (SSSR count). The van der Waals surface area contributed by atoms with Gasteiger partial charge in [-0.25, -0.2) is 0 Å². The lowest BCUT2D eigenvalue weighted by Crippen LogP contribution is -2.10. The molecule has 0 aliphatic carbocycles. The minimum atomic E-state index is -0.0883. The number of nitrogens with zero attached hydrogens (tertiary/aromatic N) is 1. The zero-order valence-corrected chi connectivity index (χ0v) is 12.5. The van der Waals surface area contributed by atoms with E-state index in [1.807, 2.05) is 19.1 Å². The highest BCUT2D eigenvalue weighted by molar-refractivity contribution is 7.14. The Morgan fingerprint density at radius 3 is 2.74 bits per heavy atom. The molecule has 102 valence electrons. The number of nitrogens with one attached hydrogen (secondary N) is 2. The van der Waals surface area contributed by atoms with Crippen LogP contribution in [0.2, 0.25) is 0 Å². The Labute approximate surface area is 117 Å². The second-order valence-corrected chi connectivity index (χ2v) is 6.02. The molecule has 5 heteroatoms. The maximum absolute atomic E-state index is 12.1. The summed E-state index contributed by atoms with van der Waals surface area (Å²) in [5.74, 6) is 0.862. The summed E-state index contributed by atoms with van der Waals surface area (Å²) >= 11 is 1.55. The van der Waals surface area contributed by atoms with Gasteiger partial charge in [0.05, 0.1) is 4.88 Å². The van der Waals surface area contributed by atoms with Gasteiger partial charge in [-0.1, -0.05) is 20.8 Å². The summed E-state index contributed by atoms with van der Waals surface area (Å²) in [4.78, 5) is 14.1. The Balaban J connectivity index is 2.11. The van der Waals surface area contributed by atoms with Crippen molar-refractivity contribution in [1.29, 1.82) is 0 Å². The van der Waals surface area contributed by atoms with E-state index in [1.165, 1.54) is 10.4 Å². The average Bonchev–Trinajstić information content (AvgIpc) is 2.95. The van der Waals surface area contributed by atoms with Crippen LogP contribution in [-0.4, -0.2) is 16.1 Å². The van der Waals surface area contributed by atoms with Crippen molar-refractivity contribution in [3.63, 3.8) is 0 Å². The summed E-state index contributed by atoms with van der Waals surface area (Å²) in [6.45, 7) is 8.30. The summed E-state index contributed by atoms with van der Waals surface area (Å²) in [6.07, 6.45) is 0.962. The molecule has 2 aromatic rings. The van der Waals surface area contributed by atoms with Gasteiger partial charge in [-0.05, 0) is 30.9 Å². The molecule has 0 fully saturated rings. The van der Waals surface area contributed by atoms with Crippen molar-refractivity contribution in [2.45, 2.75) is 40.0 Å². The Bertz CT molecular complexity index is 583. The molecule has 4 nitrogen and oxygen atoms in total. The van der Waals surface area contributed by atoms with Gasteiger partial charge in [-0.2, -0.15) is 5.10 Å². The van der Waals surface area contributed by atoms with Crippen LogP contribution in [0.4, 0.5) is 5.82 Å². The molecule has 0 aliphatic rings. The van der Waals surface area contributed by atoms with Gasteiger partial charge in [-0.3, -0.25) is 9.89 Å². The van der Waals surface area contributed by atoms with Crippen LogP contribution in [0.3, 0.4) is 0 Å². The van der Waals surface area contributed by atoms with Crippen molar-refractivity contribution >= 4 is 23.1 Å². The van der Waals surface area contributed by atoms with Gasteiger partial charge >= 0.3 is 0 Å². The minimum absolute atomic E-state index is 0.0883. The fraction of sp³-hybridized carbons (Fsp3) is 0.429. The van der Waals surface area contributed by atoms with Crippen molar-refractivity contribution in [2.75, 3.05) is 5.32 Å². The topological polar surface area (TPSA) is 57.8 Å². The average molecular weight is 277 g/mol. The number of H-pyrrole nitrogens is 1. The molecule has 0 bridgehead atoms. The second-order valence-electron chi connectivity index (χ2n) is 4.89. The number of amides is 1. The van der Waals surface area contributed by atoms with Crippen LogP contribution < -0.4 is 5.32 Å². The van der Waals surface area contributed by atoms with E-state index >= 15 is 0 Å². The van der Waals surface area contributed by atoms with Crippen molar-refractivity contribution in [1.82, 2.24) is 10.2 Å². The first-order valence-corrected chi connectivity index (χ1v) is 7.28. The molecule has 2 N–H and O–H groups in total. The van der Waals surface area contributed by atoms with Crippen LogP contribution in [0.25, 0.3) is 0 Å². The lowest BCUT2D eigenvalue weighted by Gasteiger charge is -1.98. The van der Waals surface area contributed by atoms with E-state index in [0.29, 0.717) is 11.7 Å². The van der Waals surface area contributed by atoms with Gasteiger partial charge < -0.3 is 5.32 Å². The predicted molar refractivity (Wildman–Crippen MR) is 79.1 cm³/mol. The molecule has 0 atom stereocenters. The fourth-order valence-electron chi connectivity index (χ4n) is 1.86. The molecule has 0 saturated carbocycles. The van der Waals surface area contributed by atoms with Crippen LogP contribution >= 0.6 is 11.3 Å². The van der Waals surface area contributed by atoms with Crippen LogP contribution in [0.1, 0.15) is 52.5 Å². The van der Waals surface area contributed by atoms with Crippen LogP contribution in [0, 0.1) is 6.92 Å². The number of aromatic amines is 1. The van der Waals surface area contributed by atoms with Crippen LogP contribution in [-0.2, 0) is 6.42 Å². The van der Waals surface area contributed by atoms with E-state index in [2.05, 4.69) is 36.3 Å². The number of rotatable bonds is 4. The summed E-state index contributed by atoms with van der Waals surface area (Å²) in [5, 5.41) is 9.86. The van der Waals surface area contributed by atoms with Gasteiger partial charge in [-0.15, -0.1) is 11.3 Å². The monoisotopic (exact) mass is 277 g/mol. The first-order chi connectivity index (χ1) is 9.01. The third kappa shape index (κ3) is 3.04. The number of hydrogen-bond donors (Lipinski definition) is 2. The first kappa shape index (κ1) is 13.8. The van der Waals surface area contributed by atoms with Crippen molar-refractivity contribution in [3.8, 4) is 0 Å². The number of aromatic nitrogens is 2. The molecule has 0 radical (unpaired) electrons. The van der Waals surface area contributed by atoms with Gasteiger partial charge in [0.15, 0.2) is 5.82 Å². The number of carbonyl (C=O) groups is 1. The van der Waals surface area contributed by atoms with Crippen molar-refractivity contribution in [2.24, 2.45) is 0 Å². The zero-order valence-electron chi connectivity index (χ0n) is 11.7. The van der Waals surface area contributed by atoms with Crippen LogP contribution in [0.5, 0.6) is 0 Å². The normalized spacial score (nSPS) is 11.0. The maximum atomic E-state index is 12.1. The molecule has 0 saturated heterocycles. The molecule has 19 heavy (non-hydrogen) atoms. The highest BCUT2D eigenvalue weighted by atomic mass is 32.1. The summed E-state index contributed by atoms with van der Waals surface area (Å²) in [6, 6.07) is 3.82. The smallest absolute Gasteiger partial charge is 0.266 e. The van der Waals surface area contributed by atoms with Gasteiger partial charge in [0.25, 0.3) is 5.91 Å². The maximum Gasteiger partial charge on any atom is 0.266 e. The second kappa shape index (κ2) is 5.57. The summed E-state index contributed by atoms with van der Waals surface area (Å²) in [5.41, 5.74) is 2.20. The fourth-order valence-corrected chi connectivity index (χ4v) is 2.87. The van der Waals surface area contributed by atoms with Gasteiger partial charge in [0.2, 0.25) is 0 Å². The van der Waals surface area contributed by atoms with E-state index in [4.69, 9.17) is 0 Å². The molecular weight excluding hydrogens is 258 g/mol. The highest BCUT2D eigenvalue weighted by Gasteiger charge is 2.13. The molecule has 2 heterocycles. The number of hydrogen-bond acceptors (Lipinski definition) is 3. The Morgan fingerprint density at radius 2 is 2.21 bits per heavy atom. The third-order valence-electron chi connectivity index (χ3n) is 3.03. The lowest BCUT2D eigenvalue weighted by atomic mass is 10.1. The number of aryl methyl sites for hydroxylation is 2. The third-order valence-corrected chi connectivity index (χ3v) is 4.41. The predicted octanol–water partition coefficient (Wildman–Crippen LogP) is 3.72. The highest BCUT2D eigenvalue weighted by Crippen LogP contribution is 2.23. The minimum Gasteiger partial charge on any atom is -0.304 e. The quantitative estimate of drug-likeness (QED) is 0.895. The van der Waals surface area contributed by atoms with Gasteiger partial charge in [0, 0.05) is 16.6 Å². The molecule has 1 amide bonds. The number of anilines is 1. The first-order valence-electron chi connectivity index (χ1n) is 6.47. The van der Waals surface area contributed by atoms with E-state index in [9.17, 15) is 4.79 Å². The molecule has 0 aromatic carbocycles. The summed E-state index contributed by atoms with van der Waals surface area (Å²) < 4.78 is 0. The van der Waals surface area contributed by atoms with E-state index in [-0.39, 0.29) is 5.91 Å². The number of carbonyl (C=O) groups excluding carboxylic acids is 1. The van der Waals surface area contributed by atoms with Gasteiger partial charge in [0.1, 0.15) is 0 Å². The lowest BCUT2D eigenvalue weighted by molar-refractivity contribution is 0.103. The standard InChI is InChI=1S/C14H19N3OS/c1-5-11-9(4)6-12(19-11)14(18)15-13-7-10(8(2)3)16-17-13/h6-8H,5H2,1-4H3,(H2,15,16,17,18). The Morgan fingerprint density at radius 1 is 1.47 bits per heavy atom.